The van der Waals surface area contributed by atoms with E-state index < -0.39 is 36.0 Å². The highest BCUT2D eigenvalue weighted by Gasteiger charge is 2.53. The number of aryl methyl sites for hydroxylation is 1. The van der Waals surface area contributed by atoms with Crippen LogP contribution in [0, 0.1) is 6.92 Å². The summed E-state index contributed by atoms with van der Waals surface area (Å²) in [5.74, 6) is -3.34. The molecule has 40 heavy (non-hydrogen) atoms. The number of rotatable bonds is 7. The van der Waals surface area contributed by atoms with Crippen molar-refractivity contribution in [2.75, 3.05) is 4.90 Å². The molecule has 9 nitrogen and oxygen atoms in total. The fourth-order valence-electron chi connectivity index (χ4n) is 4.01. The van der Waals surface area contributed by atoms with Crippen molar-refractivity contribution in [3.63, 3.8) is 0 Å². The Hall–Kier alpha value is -5.44. The topological polar surface area (TPSA) is 115 Å². The normalized spacial score (nSPS) is 16.8. The van der Waals surface area contributed by atoms with Gasteiger partial charge in [0.05, 0.1) is 28.2 Å². The number of hydrogen-bond acceptors (Lipinski definition) is 8. The third-order valence-corrected chi connectivity index (χ3v) is 6.11. The van der Waals surface area contributed by atoms with Crippen LogP contribution in [0.2, 0.25) is 0 Å². The van der Waals surface area contributed by atoms with Crippen LogP contribution < -0.4 is 4.90 Å². The van der Waals surface area contributed by atoms with Gasteiger partial charge < -0.3 is 9.47 Å². The number of amides is 2. The van der Waals surface area contributed by atoms with Crippen LogP contribution in [-0.2, 0) is 19.1 Å². The Bertz CT molecular complexity index is 1500. The van der Waals surface area contributed by atoms with E-state index in [1.807, 2.05) is 31.2 Å². The maximum atomic E-state index is 13.4. The van der Waals surface area contributed by atoms with Crippen molar-refractivity contribution in [2.24, 2.45) is 10.2 Å². The molecule has 0 bridgehead atoms. The van der Waals surface area contributed by atoms with E-state index in [0.717, 1.165) is 10.5 Å². The van der Waals surface area contributed by atoms with Gasteiger partial charge in [-0.15, -0.1) is 0 Å². The lowest BCUT2D eigenvalue weighted by Gasteiger charge is -2.16. The molecular formula is C31H23N3O6. The largest absolute Gasteiger partial charge is 0.444 e. The molecule has 0 spiro atoms. The zero-order chi connectivity index (χ0) is 28.1. The standard InChI is InChI=1S/C31H23N3O6/c1-20-12-14-23(15-13-20)32-33-24-16-18-25(19-17-24)34-28(35)26(39-30(37)21-8-4-2-5-9-21)27(29(34)36)40-31(38)22-10-6-3-7-11-22/h2-19,26-27H,1H3/t26-,27-/m0/s1. The highest BCUT2D eigenvalue weighted by molar-refractivity contribution is 6.25. The molecule has 0 unspecified atom stereocenters. The maximum absolute atomic E-state index is 13.4. The van der Waals surface area contributed by atoms with Crippen molar-refractivity contribution in [3.05, 3.63) is 126 Å². The molecule has 0 saturated carbocycles. The zero-order valence-electron chi connectivity index (χ0n) is 21.3. The molecule has 1 aliphatic rings. The minimum absolute atomic E-state index is 0.178. The van der Waals surface area contributed by atoms with E-state index >= 15 is 0 Å². The zero-order valence-corrected chi connectivity index (χ0v) is 21.3. The molecule has 1 saturated heterocycles. The molecule has 9 heteroatoms. The van der Waals surface area contributed by atoms with Gasteiger partial charge in [-0.25, -0.2) is 14.5 Å². The van der Waals surface area contributed by atoms with Gasteiger partial charge in [0, 0.05) is 0 Å². The Morgan fingerprint density at radius 3 is 1.43 bits per heavy atom. The van der Waals surface area contributed by atoms with Crippen molar-refractivity contribution >= 4 is 40.8 Å². The minimum atomic E-state index is -1.67. The molecule has 0 radical (unpaired) electrons. The van der Waals surface area contributed by atoms with Crippen LogP contribution in [0.15, 0.2) is 119 Å². The van der Waals surface area contributed by atoms with Gasteiger partial charge in [-0.2, -0.15) is 10.2 Å². The number of carbonyl (C=O) groups excluding carboxylic acids is 4. The summed E-state index contributed by atoms with van der Waals surface area (Å²) < 4.78 is 10.9. The van der Waals surface area contributed by atoms with Gasteiger partial charge in [-0.1, -0.05) is 54.1 Å². The summed E-state index contributed by atoms with van der Waals surface area (Å²) in [5, 5.41) is 8.37. The monoisotopic (exact) mass is 533 g/mol. The summed E-state index contributed by atoms with van der Waals surface area (Å²) in [6, 6.07) is 29.7. The Balaban J connectivity index is 1.39. The number of imide groups is 1. The SMILES string of the molecule is Cc1ccc(N=Nc2ccc(N3C(=O)[C@@H](OC(=O)c4ccccc4)[C@H](OC(=O)c4ccccc4)C3=O)cc2)cc1. The van der Waals surface area contributed by atoms with Crippen LogP contribution in [-0.4, -0.2) is 36.0 Å². The first-order chi connectivity index (χ1) is 19.4. The quantitative estimate of drug-likeness (QED) is 0.170. The van der Waals surface area contributed by atoms with Crippen molar-refractivity contribution in [1.82, 2.24) is 0 Å². The second kappa shape index (κ2) is 11.5. The Kier molecular flexibility index (Phi) is 7.54. The third kappa shape index (κ3) is 5.68. The number of nitrogens with zero attached hydrogens (tertiary/aromatic N) is 3. The molecule has 1 fully saturated rings. The number of hydrogen-bond donors (Lipinski definition) is 0. The summed E-state index contributed by atoms with van der Waals surface area (Å²) in [5.41, 5.74) is 2.82. The van der Waals surface area contributed by atoms with Crippen LogP contribution in [0.4, 0.5) is 17.1 Å². The smallest absolute Gasteiger partial charge is 0.339 e. The number of anilines is 1. The highest BCUT2D eigenvalue weighted by atomic mass is 16.6. The molecule has 1 aliphatic heterocycles. The van der Waals surface area contributed by atoms with Gasteiger partial charge >= 0.3 is 11.9 Å². The van der Waals surface area contributed by atoms with Gasteiger partial charge in [-0.3, -0.25) is 9.59 Å². The van der Waals surface area contributed by atoms with Gasteiger partial charge in [0.1, 0.15) is 0 Å². The predicted octanol–water partition coefficient (Wildman–Crippen LogP) is 5.73. The Labute approximate surface area is 229 Å². The molecule has 5 rings (SSSR count). The van der Waals surface area contributed by atoms with E-state index in [1.165, 1.54) is 36.4 Å². The average molecular weight is 534 g/mol. The lowest BCUT2D eigenvalue weighted by atomic mass is 10.2. The summed E-state index contributed by atoms with van der Waals surface area (Å²) in [7, 11) is 0. The second-order valence-corrected chi connectivity index (χ2v) is 8.95. The maximum Gasteiger partial charge on any atom is 0.339 e. The molecule has 0 aliphatic carbocycles. The first kappa shape index (κ1) is 26.2. The van der Waals surface area contributed by atoms with Crippen molar-refractivity contribution in [2.45, 2.75) is 19.1 Å². The number of benzene rings is 4. The average Bonchev–Trinajstić information content (AvgIpc) is 3.21. The molecule has 1 heterocycles. The Morgan fingerprint density at radius 1 is 0.600 bits per heavy atom. The molecule has 4 aromatic carbocycles. The fraction of sp³-hybridized carbons (Fsp3) is 0.0968. The Morgan fingerprint density at radius 2 is 1.00 bits per heavy atom. The summed E-state index contributed by atoms with van der Waals surface area (Å²) >= 11 is 0. The van der Waals surface area contributed by atoms with E-state index in [1.54, 1.807) is 48.5 Å². The van der Waals surface area contributed by atoms with Crippen LogP contribution in [0.25, 0.3) is 0 Å². The van der Waals surface area contributed by atoms with Gasteiger partial charge in [0.15, 0.2) is 0 Å². The van der Waals surface area contributed by atoms with Gasteiger partial charge in [0.2, 0.25) is 12.2 Å². The summed E-state index contributed by atoms with van der Waals surface area (Å²) in [6.07, 6.45) is -3.34. The number of ether oxygens (including phenoxy) is 2. The number of azo groups is 1. The second-order valence-electron chi connectivity index (χ2n) is 8.95. The lowest BCUT2D eigenvalue weighted by Crippen LogP contribution is -2.37. The third-order valence-electron chi connectivity index (χ3n) is 6.11. The summed E-state index contributed by atoms with van der Waals surface area (Å²) in [4.78, 5) is 53.3. The van der Waals surface area contributed by atoms with Crippen LogP contribution in [0.5, 0.6) is 0 Å². The summed E-state index contributed by atoms with van der Waals surface area (Å²) in [6.45, 7) is 1.97. The molecule has 0 N–H and O–H groups in total. The molecule has 198 valence electrons. The van der Waals surface area contributed by atoms with E-state index in [-0.39, 0.29) is 16.8 Å². The van der Waals surface area contributed by atoms with E-state index in [9.17, 15) is 19.2 Å². The van der Waals surface area contributed by atoms with Crippen molar-refractivity contribution < 1.29 is 28.7 Å². The number of esters is 2. The lowest BCUT2D eigenvalue weighted by molar-refractivity contribution is -0.130. The van der Waals surface area contributed by atoms with Gasteiger partial charge in [0.25, 0.3) is 11.8 Å². The molecular weight excluding hydrogens is 510 g/mol. The molecule has 2 amide bonds. The van der Waals surface area contributed by atoms with Crippen LogP contribution in [0.1, 0.15) is 26.3 Å². The van der Waals surface area contributed by atoms with Crippen molar-refractivity contribution in [1.29, 1.82) is 0 Å². The van der Waals surface area contributed by atoms with Crippen LogP contribution in [0.3, 0.4) is 0 Å². The predicted molar refractivity (Wildman–Crippen MR) is 146 cm³/mol. The molecule has 0 aromatic heterocycles. The fourth-order valence-corrected chi connectivity index (χ4v) is 4.01. The van der Waals surface area contributed by atoms with Gasteiger partial charge in [-0.05, 0) is 67.6 Å². The number of carbonyl (C=O) groups is 4. The first-order valence-corrected chi connectivity index (χ1v) is 12.4. The van der Waals surface area contributed by atoms with E-state index in [2.05, 4.69) is 10.2 Å². The van der Waals surface area contributed by atoms with Crippen molar-refractivity contribution in [3.8, 4) is 0 Å². The minimum Gasteiger partial charge on any atom is -0.444 e. The molecule has 4 aromatic rings. The van der Waals surface area contributed by atoms with E-state index in [0.29, 0.717) is 11.4 Å². The van der Waals surface area contributed by atoms with E-state index in [4.69, 9.17) is 9.47 Å². The highest BCUT2D eigenvalue weighted by Crippen LogP contribution is 2.30. The first-order valence-electron chi connectivity index (χ1n) is 12.4. The van der Waals surface area contributed by atoms with Crippen LogP contribution >= 0.6 is 0 Å². The molecule has 2 atom stereocenters.